The third-order valence-electron chi connectivity index (χ3n) is 2.16. The van der Waals surface area contributed by atoms with E-state index in [2.05, 4.69) is 0 Å². The summed E-state index contributed by atoms with van der Waals surface area (Å²) < 4.78 is 24.1. The van der Waals surface area contributed by atoms with Crippen LogP contribution in [-0.4, -0.2) is 21.0 Å². The lowest BCUT2D eigenvalue weighted by atomic mass is 10.4. The molecule has 0 bridgehead atoms. The topological polar surface area (TPSA) is 68.3 Å². The zero-order valence-corrected chi connectivity index (χ0v) is 10.8. The highest BCUT2D eigenvalue weighted by molar-refractivity contribution is 7.91. The van der Waals surface area contributed by atoms with Crippen LogP contribution >= 0.6 is 0 Å². The van der Waals surface area contributed by atoms with Gasteiger partial charge in [-0.2, -0.15) is 0 Å². The molecule has 98 valence electrons. The van der Waals surface area contributed by atoms with Crippen molar-refractivity contribution >= 4 is 22.4 Å². The summed E-state index contributed by atoms with van der Waals surface area (Å²) in [6.45, 7) is 0. The second-order valence-corrected chi connectivity index (χ2v) is 5.35. The third-order valence-corrected chi connectivity index (χ3v) is 3.95. The predicted molar refractivity (Wildman–Crippen MR) is 70.5 cm³/mol. The minimum atomic E-state index is -3.34. The monoisotopic (exact) mass is 276 g/mol. The van der Waals surface area contributed by atoms with Crippen LogP contribution in [0.25, 0.3) is 0 Å². The van der Waals surface area contributed by atoms with Gasteiger partial charge in [0, 0.05) is 0 Å². The Balaban J connectivity index is 0.000000399. The van der Waals surface area contributed by atoms with E-state index in [-0.39, 0.29) is 12.6 Å². The quantitative estimate of drug-likeness (QED) is 0.634. The average molecular weight is 276 g/mol. The summed E-state index contributed by atoms with van der Waals surface area (Å²) >= 11 is 0. The first-order valence-corrected chi connectivity index (χ1v) is 6.85. The van der Waals surface area contributed by atoms with Crippen LogP contribution < -0.4 is 0 Å². The standard InChI is InChI=1S/C12H10O2S.C2H2O2/c13-15(14,11-7-3-1-4-8-11)12-9-5-2-6-10-12;3-1-2-4/h1-10H;1-2H. The molecule has 0 aromatic heterocycles. The highest BCUT2D eigenvalue weighted by Gasteiger charge is 2.15. The molecule has 2 aromatic rings. The Morgan fingerprint density at radius 1 is 0.632 bits per heavy atom. The van der Waals surface area contributed by atoms with Gasteiger partial charge < -0.3 is 0 Å². The first kappa shape index (κ1) is 14.8. The number of benzene rings is 2. The second-order valence-electron chi connectivity index (χ2n) is 3.40. The van der Waals surface area contributed by atoms with Crippen LogP contribution in [0.2, 0.25) is 0 Å². The maximum atomic E-state index is 12.0. The predicted octanol–water partition coefficient (Wildman–Crippen LogP) is 1.90. The SMILES string of the molecule is O=CC=O.O=S(=O)(c1ccccc1)c1ccccc1. The van der Waals surface area contributed by atoms with E-state index in [4.69, 9.17) is 9.59 Å². The van der Waals surface area contributed by atoms with Gasteiger partial charge in [-0.3, -0.25) is 9.59 Å². The lowest BCUT2D eigenvalue weighted by Crippen LogP contribution is -2.00. The molecule has 2 aromatic carbocycles. The molecule has 0 spiro atoms. The number of carbonyl (C=O) groups excluding carboxylic acids is 2. The first-order valence-electron chi connectivity index (χ1n) is 5.37. The molecule has 0 saturated carbocycles. The molecule has 0 N–H and O–H groups in total. The fourth-order valence-corrected chi connectivity index (χ4v) is 2.64. The van der Waals surface area contributed by atoms with Gasteiger partial charge in [-0.25, -0.2) is 8.42 Å². The summed E-state index contributed by atoms with van der Waals surface area (Å²) in [5.41, 5.74) is 0. The molecule has 0 amide bonds. The number of aldehydes is 2. The summed E-state index contributed by atoms with van der Waals surface area (Å²) in [7, 11) is -3.34. The molecule has 19 heavy (non-hydrogen) atoms. The Hall–Kier alpha value is -2.27. The van der Waals surface area contributed by atoms with Crippen molar-refractivity contribution in [1.82, 2.24) is 0 Å². The minimum Gasteiger partial charge on any atom is -0.295 e. The van der Waals surface area contributed by atoms with E-state index in [9.17, 15) is 8.42 Å². The van der Waals surface area contributed by atoms with E-state index in [1.807, 2.05) is 0 Å². The first-order chi connectivity index (χ1) is 9.12. The van der Waals surface area contributed by atoms with Gasteiger partial charge in [-0.1, -0.05) is 36.4 Å². The second kappa shape index (κ2) is 7.23. The minimum absolute atomic E-state index is 0.194. The molecule has 4 nitrogen and oxygen atoms in total. The lowest BCUT2D eigenvalue weighted by molar-refractivity contribution is -0.122. The highest BCUT2D eigenvalue weighted by atomic mass is 32.2. The Morgan fingerprint density at radius 2 is 0.947 bits per heavy atom. The van der Waals surface area contributed by atoms with Crippen LogP contribution in [0.5, 0.6) is 0 Å². The third kappa shape index (κ3) is 4.15. The van der Waals surface area contributed by atoms with Crippen molar-refractivity contribution in [2.75, 3.05) is 0 Å². The smallest absolute Gasteiger partial charge is 0.206 e. The van der Waals surface area contributed by atoms with Crippen molar-refractivity contribution in [1.29, 1.82) is 0 Å². The highest BCUT2D eigenvalue weighted by Crippen LogP contribution is 2.19. The number of rotatable bonds is 3. The van der Waals surface area contributed by atoms with Gasteiger partial charge in [0.1, 0.15) is 0 Å². The van der Waals surface area contributed by atoms with Gasteiger partial charge in [0.05, 0.1) is 9.79 Å². The molecular formula is C14H12O4S. The summed E-state index contributed by atoms with van der Waals surface area (Å²) in [4.78, 5) is 18.3. The summed E-state index contributed by atoms with van der Waals surface area (Å²) in [6.07, 6.45) is 0.389. The van der Waals surface area contributed by atoms with Gasteiger partial charge >= 0.3 is 0 Å². The average Bonchev–Trinajstić information content (AvgIpc) is 2.49. The van der Waals surface area contributed by atoms with E-state index < -0.39 is 9.84 Å². The van der Waals surface area contributed by atoms with Crippen molar-refractivity contribution in [3.8, 4) is 0 Å². The summed E-state index contributed by atoms with van der Waals surface area (Å²) in [5, 5.41) is 0. The van der Waals surface area contributed by atoms with E-state index in [1.165, 1.54) is 0 Å². The molecule has 0 aliphatic heterocycles. The molecule has 2 rings (SSSR count). The molecule has 0 atom stereocenters. The summed E-state index contributed by atoms with van der Waals surface area (Å²) in [5.74, 6) is 0. The van der Waals surface area contributed by atoms with Crippen molar-refractivity contribution < 1.29 is 18.0 Å². The molecular weight excluding hydrogens is 264 g/mol. The lowest BCUT2D eigenvalue weighted by Gasteiger charge is -2.03. The van der Waals surface area contributed by atoms with Crippen molar-refractivity contribution in [3.05, 3.63) is 60.7 Å². The Labute approximate surface area is 111 Å². The van der Waals surface area contributed by atoms with Crippen LogP contribution in [-0.2, 0) is 19.4 Å². The Bertz CT molecular complexity index is 568. The zero-order valence-electron chi connectivity index (χ0n) is 9.97. The largest absolute Gasteiger partial charge is 0.295 e. The molecule has 0 aliphatic rings. The van der Waals surface area contributed by atoms with Crippen molar-refractivity contribution in [3.63, 3.8) is 0 Å². The molecule has 0 unspecified atom stereocenters. The van der Waals surface area contributed by atoms with Crippen LogP contribution in [0.3, 0.4) is 0 Å². The van der Waals surface area contributed by atoms with Gasteiger partial charge in [0.2, 0.25) is 9.84 Å². The molecule has 0 radical (unpaired) electrons. The number of carbonyl (C=O) groups is 2. The fraction of sp³-hybridized carbons (Fsp3) is 0. The van der Waals surface area contributed by atoms with Gasteiger partial charge in [-0.15, -0.1) is 0 Å². The van der Waals surface area contributed by atoms with E-state index in [0.29, 0.717) is 9.79 Å². The van der Waals surface area contributed by atoms with Crippen molar-refractivity contribution in [2.45, 2.75) is 9.79 Å². The van der Waals surface area contributed by atoms with Crippen LogP contribution in [0.15, 0.2) is 70.5 Å². The number of sulfone groups is 1. The van der Waals surface area contributed by atoms with Crippen LogP contribution in [0, 0.1) is 0 Å². The number of hydrogen-bond donors (Lipinski definition) is 0. The normalized spacial score (nSPS) is 9.89. The van der Waals surface area contributed by atoms with E-state index in [0.717, 1.165) is 0 Å². The van der Waals surface area contributed by atoms with Crippen LogP contribution in [0.1, 0.15) is 0 Å². The molecule has 0 aliphatic carbocycles. The maximum absolute atomic E-state index is 12.0. The molecule has 0 fully saturated rings. The number of hydrogen-bond acceptors (Lipinski definition) is 4. The molecule has 0 heterocycles. The Kier molecular flexibility index (Phi) is 5.63. The fourth-order valence-electron chi connectivity index (χ4n) is 1.34. The van der Waals surface area contributed by atoms with Crippen LogP contribution in [0.4, 0.5) is 0 Å². The van der Waals surface area contributed by atoms with Crippen molar-refractivity contribution in [2.24, 2.45) is 0 Å². The van der Waals surface area contributed by atoms with E-state index >= 15 is 0 Å². The maximum Gasteiger partial charge on any atom is 0.206 e. The van der Waals surface area contributed by atoms with Gasteiger partial charge in [0.15, 0.2) is 12.6 Å². The van der Waals surface area contributed by atoms with Gasteiger partial charge in [0.25, 0.3) is 0 Å². The van der Waals surface area contributed by atoms with Gasteiger partial charge in [-0.05, 0) is 24.3 Å². The zero-order chi connectivity index (χ0) is 14.1. The Morgan fingerprint density at radius 3 is 1.21 bits per heavy atom. The molecule has 0 saturated heterocycles. The molecule has 5 heteroatoms. The summed E-state index contributed by atoms with van der Waals surface area (Å²) in [6, 6.07) is 16.9. The van der Waals surface area contributed by atoms with E-state index in [1.54, 1.807) is 60.7 Å².